The molecule has 0 spiro atoms. The second-order valence-corrected chi connectivity index (χ2v) is 6.30. The number of para-hydroxylation sites is 2. The number of hydrogen-bond donors (Lipinski definition) is 2. The molecule has 3 aromatic rings. The standard InChI is InChI=1S/C20H17ClN4O/c21-16-13-11-15(12-14-16)19-22-24(17-7-3-1-4-8-17)20(26)25(23-19)18-9-5-2-6-10-18/h1-14,19,22-23H. The Morgan fingerprint density at radius 1 is 0.692 bits per heavy atom. The molecular weight excluding hydrogens is 348 g/mol. The van der Waals surface area contributed by atoms with E-state index in [9.17, 15) is 4.79 Å². The average molecular weight is 365 g/mol. The Balaban J connectivity index is 1.72. The number of nitrogens with zero attached hydrogens (tertiary/aromatic N) is 2. The van der Waals surface area contributed by atoms with Crippen molar-refractivity contribution in [1.82, 2.24) is 10.9 Å². The lowest BCUT2D eigenvalue weighted by Crippen LogP contribution is -2.65. The highest BCUT2D eigenvalue weighted by atomic mass is 35.5. The van der Waals surface area contributed by atoms with E-state index < -0.39 is 0 Å². The summed E-state index contributed by atoms with van der Waals surface area (Å²) in [6.45, 7) is 0. The van der Waals surface area contributed by atoms with Gasteiger partial charge in [-0.15, -0.1) is 0 Å². The molecule has 6 heteroatoms. The minimum Gasteiger partial charge on any atom is -0.245 e. The molecule has 3 aromatic carbocycles. The summed E-state index contributed by atoms with van der Waals surface area (Å²) < 4.78 is 0. The van der Waals surface area contributed by atoms with Crippen molar-refractivity contribution >= 4 is 29.0 Å². The number of halogens is 1. The maximum absolute atomic E-state index is 13.1. The van der Waals surface area contributed by atoms with Gasteiger partial charge in [0.05, 0.1) is 11.4 Å². The van der Waals surface area contributed by atoms with E-state index in [-0.39, 0.29) is 12.2 Å². The third-order valence-corrected chi connectivity index (χ3v) is 4.38. The van der Waals surface area contributed by atoms with Crippen LogP contribution in [-0.4, -0.2) is 6.03 Å². The molecule has 1 aliphatic rings. The highest BCUT2D eigenvalue weighted by Gasteiger charge is 2.33. The lowest BCUT2D eigenvalue weighted by molar-refractivity contribution is 0.231. The largest absolute Gasteiger partial charge is 0.358 e. The number of hydrazine groups is 2. The van der Waals surface area contributed by atoms with Gasteiger partial charge in [-0.2, -0.15) is 0 Å². The van der Waals surface area contributed by atoms with Gasteiger partial charge in [-0.3, -0.25) is 0 Å². The van der Waals surface area contributed by atoms with Crippen LogP contribution in [0.3, 0.4) is 0 Å². The zero-order valence-electron chi connectivity index (χ0n) is 13.8. The van der Waals surface area contributed by atoms with Gasteiger partial charge in [0.2, 0.25) is 0 Å². The first kappa shape index (κ1) is 16.6. The summed E-state index contributed by atoms with van der Waals surface area (Å²) in [5.41, 5.74) is 8.97. The molecule has 130 valence electrons. The van der Waals surface area contributed by atoms with Crippen molar-refractivity contribution in [1.29, 1.82) is 0 Å². The number of nitrogens with one attached hydrogen (secondary N) is 2. The molecule has 0 saturated carbocycles. The van der Waals surface area contributed by atoms with Crippen molar-refractivity contribution in [3.05, 3.63) is 95.5 Å². The third kappa shape index (κ3) is 3.28. The van der Waals surface area contributed by atoms with Gasteiger partial charge >= 0.3 is 6.03 Å². The summed E-state index contributed by atoms with van der Waals surface area (Å²) in [6.07, 6.45) is -0.301. The van der Waals surface area contributed by atoms with E-state index >= 15 is 0 Å². The smallest absolute Gasteiger partial charge is 0.245 e. The SMILES string of the molecule is O=C1N(c2ccccc2)NC(c2ccc(Cl)cc2)NN1c1ccccc1. The van der Waals surface area contributed by atoms with Crippen LogP contribution in [0.5, 0.6) is 0 Å². The van der Waals surface area contributed by atoms with E-state index in [0.717, 1.165) is 16.9 Å². The number of amides is 2. The van der Waals surface area contributed by atoms with Crippen LogP contribution in [0.1, 0.15) is 11.7 Å². The molecule has 0 unspecified atom stereocenters. The van der Waals surface area contributed by atoms with Crippen molar-refractivity contribution in [3.8, 4) is 0 Å². The molecule has 1 saturated heterocycles. The van der Waals surface area contributed by atoms with Crippen molar-refractivity contribution in [2.45, 2.75) is 6.17 Å². The van der Waals surface area contributed by atoms with Gasteiger partial charge in [0.15, 0.2) is 0 Å². The fourth-order valence-corrected chi connectivity index (χ4v) is 2.95. The van der Waals surface area contributed by atoms with Crippen LogP contribution in [0.4, 0.5) is 16.2 Å². The maximum atomic E-state index is 13.1. The van der Waals surface area contributed by atoms with Gasteiger partial charge in [0, 0.05) is 5.02 Å². The van der Waals surface area contributed by atoms with E-state index in [2.05, 4.69) is 10.9 Å². The molecule has 1 heterocycles. The van der Waals surface area contributed by atoms with Crippen LogP contribution in [-0.2, 0) is 0 Å². The van der Waals surface area contributed by atoms with E-state index in [1.807, 2.05) is 84.9 Å². The number of urea groups is 1. The number of anilines is 2. The Kier molecular flexibility index (Phi) is 4.58. The van der Waals surface area contributed by atoms with Crippen molar-refractivity contribution in [2.75, 3.05) is 10.0 Å². The molecule has 0 aromatic heterocycles. The summed E-state index contributed by atoms with van der Waals surface area (Å²) in [5, 5.41) is 3.76. The van der Waals surface area contributed by atoms with E-state index in [4.69, 9.17) is 11.6 Å². The Morgan fingerprint density at radius 2 is 1.15 bits per heavy atom. The molecule has 0 bridgehead atoms. The first-order valence-corrected chi connectivity index (χ1v) is 8.62. The number of benzene rings is 3. The van der Waals surface area contributed by atoms with Crippen LogP contribution < -0.4 is 20.9 Å². The average Bonchev–Trinajstić information content (AvgIpc) is 2.70. The molecule has 0 atom stereocenters. The molecule has 0 radical (unpaired) electrons. The monoisotopic (exact) mass is 364 g/mol. The summed E-state index contributed by atoms with van der Waals surface area (Å²) in [5.74, 6) is 0. The Hall–Kier alpha value is -2.86. The molecule has 4 rings (SSSR count). The van der Waals surface area contributed by atoms with Crippen LogP contribution in [0.25, 0.3) is 0 Å². The van der Waals surface area contributed by atoms with Crippen molar-refractivity contribution in [3.63, 3.8) is 0 Å². The van der Waals surface area contributed by atoms with Crippen LogP contribution in [0.2, 0.25) is 5.02 Å². The summed E-state index contributed by atoms with van der Waals surface area (Å²) in [4.78, 5) is 13.1. The van der Waals surface area contributed by atoms with Crippen molar-refractivity contribution < 1.29 is 4.79 Å². The Bertz CT molecular complexity index is 835. The molecule has 5 nitrogen and oxygen atoms in total. The quantitative estimate of drug-likeness (QED) is 0.719. The Morgan fingerprint density at radius 3 is 1.62 bits per heavy atom. The normalized spacial score (nSPS) is 15.3. The fourth-order valence-electron chi connectivity index (χ4n) is 2.83. The predicted molar refractivity (Wildman–Crippen MR) is 104 cm³/mol. The van der Waals surface area contributed by atoms with Crippen LogP contribution in [0, 0.1) is 0 Å². The molecule has 26 heavy (non-hydrogen) atoms. The zero-order valence-corrected chi connectivity index (χ0v) is 14.6. The second kappa shape index (κ2) is 7.17. The minimum atomic E-state index is -0.301. The first-order chi connectivity index (χ1) is 12.7. The van der Waals surface area contributed by atoms with Gasteiger partial charge in [-0.25, -0.2) is 25.7 Å². The zero-order chi connectivity index (χ0) is 17.9. The number of carbonyl (C=O) groups excluding carboxylic acids is 1. The Labute approximate surface area is 156 Å². The molecule has 2 N–H and O–H groups in total. The minimum absolute atomic E-state index is 0.215. The van der Waals surface area contributed by atoms with Crippen LogP contribution >= 0.6 is 11.6 Å². The van der Waals surface area contributed by atoms with Crippen LogP contribution in [0.15, 0.2) is 84.9 Å². The second-order valence-electron chi connectivity index (χ2n) is 5.87. The first-order valence-electron chi connectivity index (χ1n) is 8.24. The van der Waals surface area contributed by atoms with Gasteiger partial charge in [0.1, 0.15) is 6.17 Å². The third-order valence-electron chi connectivity index (χ3n) is 4.13. The lowest BCUT2D eigenvalue weighted by Gasteiger charge is -2.41. The molecule has 1 aliphatic heterocycles. The molecule has 0 aliphatic carbocycles. The highest BCUT2D eigenvalue weighted by Crippen LogP contribution is 2.25. The number of carbonyl (C=O) groups is 1. The number of hydrogen-bond acceptors (Lipinski definition) is 3. The summed E-state index contributed by atoms with van der Waals surface area (Å²) in [7, 11) is 0. The summed E-state index contributed by atoms with van der Waals surface area (Å²) in [6, 6.07) is 26.3. The van der Waals surface area contributed by atoms with Crippen molar-refractivity contribution in [2.24, 2.45) is 0 Å². The lowest BCUT2D eigenvalue weighted by atomic mass is 10.2. The molecule has 1 fully saturated rings. The van der Waals surface area contributed by atoms with Gasteiger partial charge in [-0.1, -0.05) is 60.1 Å². The van der Waals surface area contributed by atoms with E-state index in [1.165, 1.54) is 0 Å². The van der Waals surface area contributed by atoms with E-state index in [1.54, 1.807) is 10.0 Å². The molecular formula is C20H17ClN4O. The maximum Gasteiger partial charge on any atom is 0.358 e. The van der Waals surface area contributed by atoms with Gasteiger partial charge in [-0.05, 0) is 42.0 Å². The number of rotatable bonds is 3. The summed E-state index contributed by atoms with van der Waals surface area (Å²) >= 11 is 6.01. The van der Waals surface area contributed by atoms with Gasteiger partial charge in [0.25, 0.3) is 0 Å². The fraction of sp³-hybridized carbons (Fsp3) is 0.0500. The van der Waals surface area contributed by atoms with E-state index in [0.29, 0.717) is 5.02 Å². The molecule has 2 amide bonds. The highest BCUT2D eigenvalue weighted by molar-refractivity contribution is 6.30. The predicted octanol–water partition coefficient (Wildman–Crippen LogP) is 4.49. The van der Waals surface area contributed by atoms with Gasteiger partial charge < -0.3 is 0 Å². The topological polar surface area (TPSA) is 47.6 Å².